The minimum absolute atomic E-state index is 0.0516. The molecule has 0 radical (unpaired) electrons. The number of carbonyl (C=O) groups excluding carboxylic acids is 1. The molecule has 2 aromatic rings. The van der Waals surface area contributed by atoms with Crippen molar-refractivity contribution in [1.82, 2.24) is 4.98 Å². The Balaban J connectivity index is 2.13. The molecule has 0 fully saturated rings. The fraction of sp³-hybridized carbons (Fsp3) is 0.0909. The summed E-state index contributed by atoms with van der Waals surface area (Å²) in [5, 5.41) is 11.2. The van der Waals surface area contributed by atoms with Gasteiger partial charge in [0.25, 0.3) is 11.6 Å². The number of rotatable bonds is 4. The normalized spacial score (nSPS) is 10.2. The number of non-ortho nitro benzene ring substituents is 1. The summed E-state index contributed by atoms with van der Waals surface area (Å²) in [4.78, 5) is 25.4. The average Bonchev–Trinajstić information content (AvgIpc) is 2.78. The van der Waals surface area contributed by atoms with Crippen molar-refractivity contribution in [3.05, 3.63) is 56.0 Å². The van der Waals surface area contributed by atoms with Gasteiger partial charge in [-0.15, -0.1) is 11.3 Å². The lowest BCUT2D eigenvalue weighted by Crippen LogP contribution is -2.08. The van der Waals surface area contributed by atoms with Gasteiger partial charge in [-0.3, -0.25) is 14.9 Å². The van der Waals surface area contributed by atoms with Crippen molar-refractivity contribution < 1.29 is 9.72 Å². The van der Waals surface area contributed by atoms with Gasteiger partial charge < -0.3 is 5.73 Å². The second-order valence-electron chi connectivity index (χ2n) is 3.58. The molecule has 0 saturated heterocycles. The first-order valence-corrected chi connectivity index (χ1v) is 5.86. The van der Waals surface area contributed by atoms with Crippen LogP contribution in [0.3, 0.4) is 0 Å². The number of hydrogen-bond acceptors (Lipinski definition) is 5. The summed E-state index contributed by atoms with van der Waals surface area (Å²) in [6.07, 6.45) is 1.96. The third-order valence-corrected chi connectivity index (χ3v) is 3.31. The fourth-order valence-electron chi connectivity index (χ4n) is 1.42. The Bertz CT molecular complexity index is 592. The average molecular weight is 263 g/mol. The van der Waals surface area contributed by atoms with E-state index in [9.17, 15) is 14.9 Å². The van der Waals surface area contributed by atoms with Gasteiger partial charge in [0, 0.05) is 18.6 Å². The van der Waals surface area contributed by atoms with Crippen LogP contribution in [0.5, 0.6) is 0 Å². The monoisotopic (exact) mass is 263 g/mol. The molecule has 0 atom stereocenters. The van der Waals surface area contributed by atoms with Crippen LogP contribution in [-0.2, 0) is 6.42 Å². The zero-order valence-electron chi connectivity index (χ0n) is 9.20. The largest absolute Gasteiger partial charge is 0.365 e. The van der Waals surface area contributed by atoms with E-state index >= 15 is 0 Å². The Morgan fingerprint density at radius 1 is 1.39 bits per heavy atom. The molecule has 2 rings (SSSR count). The SMILES string of the molecule is NC(=O)c1cnc(Cc2ccc([N+](=O)[O-])cc2)s1. The van der Waals surface area contributed by atoms with E-state index in [-0.39, 0.29) is 5.69 Å². The van der Waals surface area contributed by atoms with Crippen LogP contribution >= 0.6 is 11.3 Å². The fourth-order valence-corrected chi connectivity index (χ4v) is 2.22. The first-order valence-electron chi connectivity index (χ1n) is 5.04. The zero-order valence-corrected chi connectivity index (χ0v) is 10.0. The van der Waals surface area contributed by atoms with Crippen molar-refractivity contribution in [2.45, 2.75) is 6.42 Å². The van der Waals surface area contributed by atoms with E-state index in [0.29, 0.717) is 11.3 Å². The molecule has 1 aromatic heterocycles. The molecule has 1 heterocycles. The van der Waals surface area contributed by atoms with Crippen molar-refractivity contribution in [3.8, 4) is 0 Å². The first kappa shape index (κ1) is 12.2. The molecule has 1 amide bonds. The van der Waals surface area contributed by atoms with Gasteiger partial charge in [-0.25, -0.2) is 4.98 Å². The van der Waals surface area contributed by atoms with Crippen molar-refractivity contribution in [2.75, 3.05) is 0 Å². The molecule has 6 nitrogen and oxygen atoms in total. The van der Waals surface area contributed by atoms with Crippen LogP contribution in [0.25, 0.3) is 0 Å². The molecule has 0 unspecified atom stereocenters. The Morgan fingerprint density at radius 3 is 2.56 bits per heavy atom. The summed E-state index contributed by atoms with van der Waals surface area (Å²) >= 11 is 1.23. The van der Waals surface area contributed by atoms with Gasteiger partial charge in [-0.1, -0.05) is 12.1 Å². The predicted octanol–water partition coefficient (Wildman–Crippen LogP) is 1.74. The molecule has 0 saturated carbocycles. The molecule has 0 aliphatic rings. The van der Waals surface area contributed by atoms with Gasteiger partial charge in [0.2, 0.25) is 0 Å². The number of hydrogen-bond donors (Lipinski definition) is 1. The molecule has 2 N–H and O–H groups in total. The number of benzene rings is 1. The third-order valence-electron chi connectivity index (χ3n) is 2.30. The summed E-state index contributed by atoms with van der Waals surface area (Å²) < 4.78 is 0. The number of nitro benzene ring substituents is 1. The molecule has 7 heteroatoms. The van der Waals surface area contributed by atoms with Gasteiger partial charge >= 0.3 is 0 Å². The molecule has 0 bridgehead atoms. The number of thiazole rings is 1. The highest BCUT2D eigenvalue weighted by Crippen LogP contribution is 2.18. The summed E-state index contributed by atoms with van der Waals surface area (Å²) in [5.74, 6) is -0.498. The Hall–Kier alpha value is -2.28. The van der Waals surface area contributed by atoms with Gasteiger partial charge in [0.15, 0.2) is 0 Å². The van der Waals surface area contributed by atoms with E-state index in [1.54, 1.807) is 12.1 Å². The second-order valence-corrected chi connectivity index (χ2v) is 4.70. The summed E-state index contributed by atoms with van der Waals surface area (Å²) in [7, 11) is 0. The predicted molar refractivity (Wildman–Crippen MR) is 66.5 cm³/mol. The number of primary amides is 1. The maximum absolute atomic E-state index is 10.9. The summed E-state index contributed by atoms with van der Waals surface area (Å²) in [5.41, 5.74) is 6.08. The topological polar surface area (TPSA) is 99.1 Å². The highest BCUT2D eigenvalue weighted by atomic mass is 32.1. The lowest BCUT2D eigenvalue weighted by molar-refractivity contribution is -0.384. The van der Waals surface area contributed by atoms with Crippen LogP contribution in [0.2, 0.25) is 0 Å². The van der Waals surface area contributed by atoms with E-state index in [4.69, 9.17) is 5.73 Å². The maximum Gasteiger partial charge on any atom is 0.269 e. The van der Waals surface area contributed by atoms with Gasteiger partial charge in [-0.05, 0) is 5.56 Å². The van der Waals surface area contributed by atoms with Crippen molar-refractivity contribution in [2.24, 2.45) is 5.73 Å². The standard InChI is InChI=1S/C11H9N3O3S/c12-11(15)9-6-13-10(18-9)5-7-1-3-8(4-2-7)14(16)17/h1-4,6H,5H2,(H2,12,15). The van der Waals surface area contributed by atoms with Crippen LogP contribution in [0.4, 0.5) is 5.69 Å². The van der Waals surface area contributed by atoms with Crippen LogP contribution in [0.1, 0.15) is 20.2 Å². The molecule has 0 aliphatic carbocycles. The number of carbonyl (C=O) groups is 1. The highest BCUT2D eigenvalue weighted by Gasteiger charge is 2.08. The number of nitrogens with two attached hydrogens (primary N) is 1. The molecular weight excluding hydrogens is 254 g/mol. The highest BCUT2D eigenvalue weighted by molar-refractivity contribution is 7.13. The Labute approximate surface area is 106 Å². The smallest absolute Gasteiger partial charge is 0.269 e. The van der Waals surface area contributed by atoms with E-state index in [1.807, 2.05) is 0 Å². The quantitative estimate of drug-likeness (QED) is 0.670. The summed E-state index contributed by atoms with van der Waals surface area (Å²) in [6.45, 7) is 0. The van der Waals surface area contributed by atoms with Gasteiger partial charge in [-0.2, -0.15) is 0 Å². The molecule has 18 heavy (non-hydrogen) atoms. The minimum atomic E-state index is -0.498. The molecule has 1 aromatic carbocycles. The van der Waals surface area contributed by atoms with Crippen molar-refractivity contribution in [3.63, 3.8) is 0 Å². The third kappa shape index (κ3) is 2.69. The lowest BCUT2D eigenvalue weighted by Gasteiger charge is -1.97. The second kappa shape index (κ2) is 4.92. The number of aromatic nitrogens is 1. The zero-order chi connectivity index (χ0) is 13.1. The van der Waals surface area contributed by atoms with Crippen LogP contribution in [0.15, 0.2) is 30.5 Å². The Kier molecular flexibility index (Phi) is 3.33. The number of nitrogens with zero attached hydrogens (tertiary/aromatic N) is 2. The van der Waals surface area contributed by atoms with Crippen molar-refractivity contribution >= 4 is 22.9 Å². The molecule has 92 valence electrons. The number of amides is 1. The first-order chi connectivity index (χ1) is 8.56. The minimum Gasteiger partial charge on any atom is -0.365 e. The lowest BCUT2D eigenvalue weighted by atomic mass is 10.1. The van der Waals surface area contributed by atoms with E-state index in [1.165, 1.54) is 29.7 Å². The van der Waals surface area contributed by atoms with E-state index in [0.717, 1.165) is 10.6 Å². The van der Waals surface area contributed by atoms with Gasteiger partial charge in [0.1, 0.15) is 4.88 Å². The maximum atomic E-state index is 10.9. The van der Waals surface area contributed by atoms with Crippen LogP contribution < -0.4 is 5.73 Å². The van der Waals surface area contributed by atoms with E-state index in [2.05, 4.69) is 4.98 Å². The molecule has 0 spiro atoms. The number of nitro groups is 1. The van der Waals surface area contributed by atoms with Crippen LogP contribution in [-0.4, -0.2) is 15.8 Å². The van der Waals surface area contributed by atoms with Gasteiger partial charge in [0.05, 0.1) is 16.1 Å². The van der Waals surface area contributed by atoms with Crippen LogP contribution in [0, 0.1) is 10.1 Å². The summed E-state index contributed by atoms with van der Waals surface area (Å²) in [6, 6.07) is 6.23. The van der Waals surface area contributed by atoms with Crippen molar-refractivity contribution in [1.29, 1.82) is 0 Å². The van der Waals surface area contributed by atoms with E-state index < -0.39 is 10.8 Å². The Morgan fingerprint density at radius 2 is 2.06 bits per heavy atom. The molecule has 0 aliphatic heterocycles. The molecular formula is C11H9N3O3S.